The smallest absolute Gasteiger partial charge is 0.332 e. The second kappa shape index (κ2) is 14.0. The van der Waals surface area contributed by atoms with Crippen molar-refractivity contribution >= 4 is 17.1 Å². The number of nitrogens with zero attached hydrogens (tertiary/aromatic N) is 4. The lowest BCUT2D eigenvalue weighted by atomic mass is 10.1. The number of hydrogen-bond donors (Lipinski definition) is 2. The van der Waals surface area contributed by atoms with Crippen molar-refractivity contribution in [2.24, 2.45) is 14.1 Å². The Morgan fingerprint density at radius 3 is 2.30 bits per heavy atom. The maximum absolute atomic E-state index is 12.7. The minimum absolute atomic E-state index is 0.00683. The molecular formula is C24H41N5O4. The molecule has 0 radical (unpaired) electrons. The van der Waals surface area contributed by atoms with E-state index in [4.69, 9.17) is 0 Å². The molecule has 33 heavy (non-hydrogen) atoms. The van der Waals surface area contributed by atoms with E-state index in [0.29, 0.717) is 24.1 Å². The van der Waals surface area contributed by atoms with Crippen LogP contribution in [0.4, 0.5) is 0 Å². The second-order valence-electron chi connectivity index (χ2n) is 8.99. The number of amides is 1. The zero-order valence-corrected chi connectivity index (χ0v) is 20.5. The van der Waals surface area contributed by atoms with Crippen molar-refractivity contribution in [2.75, 3.05) is 6.61 Å². The summed E-state index contributed by atoms with van der Waals surface area (Å²) in [6.45, 7) is 2.53. The quantitative estimate of drug-likeness (QED) is 0.372. The first kappa shape index (κ1) is 26.8. The zero-order valence-electron chi connectivity index (χ0n) is 20.5. The van der Waals surface area contributed by atoms with Crippen LogP contribution < -0.4 is 16.6 Å². The second-order valence-corrected chi connectivity index (χ2v) is 8.99. The molecule has 2 heterocycles. The molecule has 9 heteroatoms. The maximum atomic E-state index is 12.7. The molecule has 9 nitrogen and oxygen atoms in total. The van der Waals surface area contributed by atoms with Gasteiger partial charge in [-0.05, 0) is 19.3 Å². The van der Waals surface area contributed by atoms with Gasteiger partial charge < -0.3 is 15.0 Å². The third-order valence-corrected chi connectivity index (χ3v) is 6.23. The number of aliphatic hydroxyl groups is 1. The Balaban J connectivity index is 1.58. The molecular weight excluding hydrogens is 422 g/mol. The summed E-state index contributed by atoms with van der Waals surface area (Å²) < 4.78 is 4.42. The summed E-state index contributed by atoms with van der Waals surface area (Å²) in [5.74, 6) is 0.0378. The molecule has 0 fully saturated rings. The predicted molar refractivity (Wildman–Crippen MR) is 130 cm³/mol. The van der Waals surface area contributed by atoms with E-state index in [1.54, 1.807) is 25.0 Å². The largest absolute Gasteiger partial charge is 0.394 e. The fourth-order valence-electron chi connectivity index (χ4n) is 4.17. The van der Waals surface area contributed by atoms with Crippen molar-refractivity contribution in [1.29, 1.82) is 0 Å². The third kappa shape index (κ3) is 7.84. The van der Waals surface area contributed by atoms with Crippen molar-refractivity contribution in [1.82, 2.24) is 24.0 Å². The van der Waals surface area contributed by atoms with Gasteiger partial charge in [0.2, 0.25) is 5.91 Å². The monoisotopic (exact) mass is 463 g/mol. The lowest BCUT2D eigenvalue weighted by Crippen LogP contribution is -2.39. The number of carbonyl (C=O) groups excluding carboxylic acids is 1. The van der Waals surface area contributed by atoms with Crippen LogP contribution in [0.15, 0.2) is 15.9 Å². The van der Waals surface area contributed by atoms with E-state index in [1.807, 2.05) is 0 Å². The minimum atomic E-state index is -0.314. The highest BCUT2D eigenvalue weighted by Crippen LogP contribution is 2.11. The molecule has 1 atom stereocenters. The van der Waals surface area contributed by atoms with Gasteiger partial charge in [0.15, 0.2) is 11.2 Å². The Hall–Kier alpha value is -2.42. The Bertz CT molecular complexity index is 991. The van der Waals surface area contributed by atoms with E-state index in [9.17, 15) is 19.5 Å². The summed E-state index contributed by atoms with van der Waals surface area (Å²) in [4.78, 5) is 41.3. The summed E-state index contributed by atoms with van der Waals surface area (Å²) in [7, 11) is 3.41. The number of aryl methyl sites for hydroxylation is 2. The summed E-state index contributed by atoms with van der Waals surface area (Å²) in [5, 5.41) is 12.2. The summed E-state index contributed by atoms with van der Waals surface area (Å²) >= 11 is 0. The highest BCUT2D eigenvalue weighted by atomic mass is 16.3. The van der Waals surface area contributed by atoms with E-state index in [-0.39, 0.29) is 29.8 Å². The molecule has 2 aromatic rings. The van der Waals surface area contributed by atoms with Crippen LogP contribution in [0.1, 0.15) is 84.0 Å². The van der Waals surface area contributed by atoms with Gasteiger partial charge in [0, 0.05) is 27.1 Å². The molecule has 0 saturated heterocycles. The first-order valence-electron chi connectivity index (χ1n) is 12.4. The van der Waals surface area contributed by atoms with E-state index < -0.39 is 0 Å². The van der Waals surface area contributed by atoms with E-state index in [1.165, 1.54) is 9.13 Å². The Morgan fingerprint density at radius 1 is 1.03 bits per heavy atom. The molecule has 0 saturated carbocycles. The number of hydrogen-bond acceptors (Lipinski definition) is 5. The van der Waals surface area contributed by atoms with Crippen molar-refractivity contribution in [3.63, 3.8) is 0 Å². The number of unbranched alkanes of at least 4 members (excludes halogenated alkanes) is 8. The number of rotatable bonds is 16. The number of imidazole rings is 1. The fourth-order valence-corrected chi connectivity index (χ4v) is 4.17. The Morgan fingerprint density at radius 2 is 1.67 bits per heavy atom. The van der Waals surface area contributed by atoms with Crippen LogP contribution in [0, 0.1) is 0 Å². The van der Waals surface area contributed by atoms with Crippen LogP contribution >= 0.6 is 0 Å². The van der Waals surface area contributed by atoms with Gasteiger partial charge >= 0.3 is 5.69 Å². The van der Waals surface area contributed by atoms with Crippen molar-refractivity contribution in [2.45, 2.75) is 96.6 Å². The zero-order chi connectivity index (χ0) is 24.2. The third-order valence-electron chi connectivity index (χ3n) is 6.23. The van der Waals surface area contributed by atoms with Gasteiger partial charge in [-0.25, -0.2) is 9.78 Å². The lowest BCUT2D eigenvalue weighted by Gasteiger charge is -2.15. The van der Waals surface area contributed by atoms with Gasteiger partial charge in [-0.2, -0.15) is 0 Å². The standard InChI is InChI=1S/C24H41N5O4/c1-4-5-14-19(17-30)26-20(31)15-12-10-8-6-7-9-11-13-16-29-23(32)21-22(25-18-27(21)2)28(3)24(29)33/h18-19,30H,4-17H2,1-3H3,(H,26,31). The minimum Gasteiger partial charge on any atom is -0.394 e. The summed E-state index contributed by atoms with van der Waals surface area (Å²) in [6, 6.07) is -0.112. The van der Waals surface area contributed by atoms with Crippen LogP contribution in [-0.2, 0) is 25.4 Å². The molecule has 0 aliphatic carbocycles. The van der Waals surface area contributed by atoms with Crippen LogP contribution in [0.2, 0.25) is 0 Å². The Kier molecular flexibility index (Phi) is 11.4. The van der Waals surface area contributed by atoms with Crippen molar-refractivity contribution in [3.05, 3.63) is 27.2 Å². The number of nitrogens with one attached hydrogen (secondary N) is 1. The van der Waals surface area contributed by atoms with Gasteiger partial charge in [0.05, 0.1) is 19.0 Å². The van der Waals surface area contributed by atoms with Crippen LogP contribution in [0.3, 0.4) is 0 Å². The normalized spacial score (nSPS) is 12.4. The molecule has 1 amide bonds. The van der Waals surface area contributed by atoms with Gasteiger partial charge in [0.25, 0.3) is 5.56 Å². The highest BCUT2D eigenvalue weighted by molar-refractivity contribution is 5.76. The van der Waals surface area contributed by atoms with Crippen LogP contribution in [-0.4, -0.2) is 42.3 Å². The first-order valence-corrected chi connectivity index (χ1v) is 12.4. The van der Waals surface area contributed by atoms with Gasteiger partial charge in [0.1, 0.15) is 0 Å². The van der Waals surface area contributed by atoms with E-state index in [0.717, 1.165) is 70.6 Å². The predicted octanol–water partition coefficient (Wildman–Crippen LogP) is 2.61. The van der Waals surface area contributed by atoms with Gasteiger partial charge in [-0.15, -0.1) is 0 Å². The number of fused-ring (bicyclic) bond motifs is 1. The number of carbonyl (C=O) groups is 1. The summed E-state index contributed by atoms with van der Waals surface area (Å²) in [5.41, 5.74) is 0.295. The summed E-state index contributed by atoms with van der Waals surface area (Å²) in [6.07, 6.45) is 13.1. The maximum Gasteiger partial charge on any atom is 0.332 e. The molecule has 2 N–H and O–H groups in total. The molecule has 0 bridgehead atoms. The van der Waals surface area contributed by atoms with Gasteiger partial charge in [-0.3, -0.25) is 18.7 Å². The Labute approximate surface area is 195 Å². The van der Waals surface area contributed by atoms with E-state index in [2.05, 4.69) is 17.2 Å². The van der Waals surface area contributed by atoms with Crippen LogP contribution in [0.5, 0.6) is 0 Å². The molecule has 2 aromatic heterocycles. The molecule has 0 spiro atoms. The average molecular weight is 464 g/mol. The first-order chi connectivity index (χ1) is 15.9. The van der Waals surface area contributed by atoms with E-state index >= 15 is 0 Å². The highest BCUT2D eigenvalue weighted by Gasteiger charge is 2.14. The van der Waals surface area contributed by atoms with Crippen molar-refractivity contribution < 1.29 is 9.90 Å². The fraction of sp³-hybridized carbons (Fsp3) is 0.750. The molecule has 1 unspecified atom stereocenters. The number of aliphatic hydroxyl groups excluding tert-OH is 1. The van der Waals surface area contributed by atoms with Gasteiger partial charge in [-0.1, -0.05) is 58.3 Å². The number of aromatic nitrogens is 4. The molecule has 0 aromatic carbocycles. The average Bonchev–Trinajstić information content (AvgIpc) is 3.19. The van der Waals surface area contributed by atoms with Crippen LogP contribution in [0.25, 0.3) is 11.2 Å². The molecule has 186 valence electrons. The molecule has 0 aliphatic rings. The lowest BCUT2D eigenvalue weighted by molar-refractivity contribution is -0.122. The SMILES string of the molecule is CCCCC(CO)NC(=O)CCCCCCCCCCn1c(=O)c2c(ncn2C)n(C)c1=O. The molecule has 0 aliphatic heterocycles. The van der Waals surface area contributed by atoms with Crippen molar-refractivity contribution in [3.8, 4) is 0 Å². The topological polar surface area (TPSA) is 111 Å². The molecule has 2 rings (SSSR count).